The van der Waals surface area contributed by atoms with Crippen LogP contribution in [0.4, 0.5) is 13.2 Å². The van der Waals surface area contributed by atoms with E-state index >= 15 is 0 Å². The molecule has 0 N–H and O–H groups in total. The van der Waals surface area contributed by atoms with Gasteiger partial charge in [-0.3, -0.25) is 8.78 Å². The van der Waals surface area contributed by atoms with Crippen LogP contribution in [0.5, 0.6) is 0 Å². The first kappa shape index (κ1) is 26.0. The predicted molar refractivity (Wildman–Crippen MR) is 127 cm³/mol. The molecule has 0 unspecified atom stereocenters. The molecule has 2 aromatic heterocycles. The van der Waals surface area contributed by atoms with Crippen molar-refractivity contribution in [2.45, 2.75) is 6.92 Å². The molecule has 0 amide bonds. The molecule has 3 aromatic carbocycles. The second kappa shape index (κ2) is 12.2. The van der Waals surface area contributed by atoms with E-state index in [9.17, 15) is 13.2 Å². The molecule has 0 atom stereocenters. The van der Waals surface area contributed by atoms with Gasteiger partial charge in [0.15, 0.2) is 0 Å². The molecule has 35 heavy (non-hydrogen) atoms. The molecule has 0 aliphatic heterocycles. The molecule has 1 radical (unpaired) electrons. The Hall–Kier alpha value is -3.60. The van der Waals surface area contributed by atoms with Crippen LogP contribution in [0.3, 0.4) is 0 Å². The van der Waals surface area contributed by atoms with Crippen molar-refractivity contribution in [3.8, 4) is 33.6 Å². The molecule has 177 valence electrons. The number of halogens is 3. The Kier molecular flexibility index (Phi) is 9.07. The number of benzene rings is 3. The van der Waals surface area contributed by atoms with Gasteiger partial charge in [-0.05, 0) is 35.0 Å². The fourth-order valence-corrected chi connectivity index (χ4v) is 3.19. The van der Waals surface area contributed by atoms with E-state index < -0.39 is 17.5 Å². The van der Waals surface area contributed by atoms with E-state index in [-0.39, 0.29) is 31.4 Å². The average Bonchev–Trinajstić information content (AvgIpc) is 2.88. The zero-order valence-corrected chi connectivity index (χ0v) is 21.0. The molecule has 2 heterocycles. The SMILES string of the molecule is Cc1ccc(-c2[c-]c(F)c(F)cc2F)nc1.[Ir].[c-]1ccccc1-c1ccc(-c2ccccc2)cn1. The zero-order valence-electron chi connectivity index (χ0n) is 18.6. The minimum atomic E-state index is -1.26. The third-order valence-corrected chi connectivity index (χ3v) is 4.96. The standard InChI is InChI=1S/C17H12N.C12H7F3N.Ir/c1-3-7-14(8-4-1)16-11-12-17(18-13-16)15-9-5-2-6-10-15;1-7-2-3-12(16-6-7)8-4-10(14)11(15)5-9(8)13;/h1-9,11-13H;2-3,5-6H,1H3;/q2*-1;. The minimum Gasteiger partial charge on any atom is -0.304 e. The van der Waals surface area contributed by atoms with Gasteiger partial charge in [0.05, 0.1) is 11.6 Å². The summed E-state index contributed by atoms with van der Waals surface area (Å²) >= 11 is 0. The zero-order chi connectivity index (χ0) is 23.9. The van der Waals surface area contributed by atoms with Gasteiger partial charge in [0.25, 0.3) is 0 Å². The normalized spacial score (nSPS) is 10.1. The van der Waals surface area contributed by atoms with Crippen LogP contribution in [0.25, 0.3) is 33.6 Å². The van der Waals surface area contributed by atoms with Crippen molar-refractivity contribution in [2.24, 2.45) is 0 Å². The molecule has 0 bridgehead atoms. The van der Waals surface area contributed by atoms with Crippen LogP contribution in [0.2, 0.25) is 0 Å². The first-order valence-corrected chi connectivity index (χ1v) is 10.5. The fraction of sp³-hybridized carbons (Fsp3) is 0.0345. The van der Waals surface area contributed by atoms with Crippen LogP contribution >= 0.6 is 0 Å². The van der Waals surface area contributed by atoms with Crippen molar-refractivity contribution in [3.63, 3.8) is 0 Å². The Morgan fingerprint density at radius 2 is 1.40 bits per heavy atom. The molecule has 0 aliphatic carbocycles. The Labute approximate surface area is 215 Å². The van der Waals surface area contributed by atoms with Gasteiger partial charge in [-0.25, -0.2) is 4.39 Å². The van der Waals surface area contributed by atoms with E-state index in [2.05, 4.69) is 34.2 Å². The van der Waals surface area contributed by atoms with E-state index in [0.717, 1.165) is 22.4 Å². The van der Waals surface area contributed by atoms with Gasteiger partial charge in [0, 0.05) is 38.3 Å². The maximum absolute atomic E-state index is 13.3. The number of hydrogen-bond donors (Lipinski definition) is 0. The van der Waals surface area contributed by atoms with Crippen LogP contribution in [0.15, 0.2) is 97.3 Å². The van der Waals surface area contributed by atoms with Gasteiger partial charge in [0.1, 0.15) is 0 Å². The molecule has 0 saturated carbocycles. The summed E-state index contributed by atoms with van der Waals surface area (Å²) in [7, 11) is 0. The van der Waals surface area contributed by atoms with E-state index in [1.54, 1.807) is 6.07 Å². The van der Waals surface area contributed by atoms with Crippen molar-refractivity contribution >= 4 is 0 Å². The van der Waals surface area contributed by atoms with Crippen molar-refractivity contribution < 1.29 is 33.3 Å². The quantitative estimate of drug-likeness (QED) is 0.150. The van der Waals surface area contributed by atoms with Gasteiger partial charge >= 0.3 is 0 Å². The van der Waals surface area contributed by atoms with Crippen LogP contribution in [-0.4, -0.2) is 9.97 Å². The third kappa shape index (κ3) is 6.72. The summed E-state index contributed by atoms with van der Waals surface area (Å²) in [6.45, 7) is 1.82. The second-order valence-corrected chi connectivity index (χ2v) is 7.45. The largest absolute Gasteiger partial charge is 0.304 e. The molecule has 6 heteroatoms. The van der Waals surface area contributed by atoms with Crippen LogP contribution in [-0.2, 0) is 20.1 Å². The molecular weight excluding hydrogens is 626 g/mol. The van der Waals surface area contributed by atoms with E-state index in [1.807, 2.05) is 67.7 Å². The Morgan fingerprint density at radius 1 is 0.686 bits per heavy atom. The van der Waals surface area contributed by atoms with Crippen LogP contribution in [0.1, 0.15) is 5.56 Å². The van der Waals surface area contributed by atoms with Crippen LogP contribution < -0.4 is 0 Å². The summed E-state index contributed by atoms with van der Waals surface area (Å²) in [5, 5.41) is 0. The summed E-state index contributed by atoms with van der Waals surface area (Å²) < 4.78 is 38.9. The summed E-state index contributed by atoms with van der Waals surface area (Å²) in [4.78, 5) is 8.41. The minimum absolute atomic E-state index is 0. The molecule has 2 nitrogen and oxygen atoms in total. The maximum atomic E-state index is 13.3. The van der Waals surface area contributed by atoms with Gasteiger partial charge in [-0.2, -0.15) is 0 Å². The van der Waals surface area contributed by atoms with E-state index in [4.69, 9.17) is 0 Å². The van der Waals surface area contributed by atoms with E-state index in [1.165, 1.54) is 17.8 Å². The third-order valence-electron chi connectivity index (χ3n) is 4.96. The number of rotatable bonds is 3. The monoisotopic (exact) mass is 645 g/mol. The summed E-state index contributed by atoms with van der Waals surface area (Å²) in [6.07, 6.45) is 3.43. The molecule has 5 rings (SSSR count). The van der Waals surface area contributed by atoms with Crippen LogP contribution in [0, 0.1) is 36.5 Å². The smallest absolute Gasteiger partial charge is 0.0756 e. The molecule has 0 saturated heterocycles. The van der Waals surface area contributed by atoms with Gasteiger partial charge < -0.3 is 9.97 Å². The van der Waals surface area contributed by atoms with Crippen molar-refractivity contribution in [2.75, 3.05) is 0 Å². The Bertz CT molecular complexity index is 1300. The Morgan fingerprint density at radius 3 is 2.03 bits per heavy atom. The number of aryl methyl sites for hydroxylation is 1. The summed E-state index contributed by atoms with van der Waals surface area (Å²) in [5.41, 5.74) is 5.25. The number of aromatic nitrogens is 2. The van der Waals surface area contributed by atoms with Gasteiger partial charge in [0.2, 0.25) is 0 Å². The van der Waals surface area contributed by atoms with Crippen molar-refractivity contribution in [1.82, 2.24) is 9.97 Å². The number of nitrogens with zero attached hydrogens (tertiary/aromatic N) is 2. The molecule has 5 aromatic rings. The first-order chi connectivity index (χ1) is 16.5. The molecule has 0 fully saturated rings. The second-order valence-electron chi connectivity index (χ2n) is 7.45. The number of hydrogen-bond acceptors (Lipinski definition) is 2. The van der Waals surface area contributed by atoms with Crippen molar-refractivity contribution in [1.29, 1.82) is 0 Å². The summed E-state index contributed by atoms with van der Waals surface area (Å²) in [6, 6.07) is 31.2. The van der Waals surface area contributed by atoms with E-state index in [0.29, 0.717) is 6.07 Å². The average molecular weight is 645 g/mol. The van der Waals surface area contributed by atoms with Crippen molar-refractivity contribution in [3.05, 3.63) is 132 Å². The van der Waals surface area contributed by atoms with Gasteiger partial charge in [-0.15, -0.1) is 35.9 Å². The Balaban J connectivity index is 0.000000192. The predicted octanol–water partition coefficient (Wildman–Crippen LogP) is 7.49. The molecule has 0 aliphatic rings. The topological polar surface area (TPSA) is 25.8 Å². The maximum Gasteiger partial charge on any atom is 0.0756 e. The van der Waals surface area contributed by atoms with Gasteiger partial charge in [-0.1, -0.05) is 72.3 Å². The molecule has 0 spiro atoms. The number of pyridine rings is 2. The summed E-state index contributed by atoms with van der Waals surface area (Å²) in [5.74, 6) is -3.35. The fourth-order valence-electron chi connectivity index (χ4n) is 3.19. The molecular formula is C29H19F3IrN2-2. The first-order valence-electron chi connectivity index (χ1n) is 10.5.